The van der Waals surface area contributed by atoms with Gasteiger partial charge < -0.3 is 9.47 Å². The second-order valence-corrected chi connectivity index (χ2v) is 4.49. The van der Waals surface area contributed by atoms with Crippen molar-refractivity contribution >= 4 is 17.9 Å². The van der Waals surface area contributed by atoms with Gasteiger partial charge in [0.15, 0.2) is 17.8 Å². The maximum Gasteiger partial charge on any atom is 0.172 e. The van der Waals surface area contributed by atoms with Gasteiger partial charge in [-0.05, 0) is 12.1 Å². The fraction of sp³-hybridized carbons (Fsp3) is 0.133. The van der Waals surface area contributed by atoms with E-state index in [1.165, 1.54) is 19.4 Å². The fourth-order valence-electron chi connectivity index (χ4n) is 1.79. The van der Waals surface area contributed by atoms with Gasteiger partial charge in [0.25, 0.3) is 0 Å². The third-order valence-electron chi connectivity index (χ3n) is 2.76. The zero-order chi connectivity index (χ0) is 15.2. The highest BCUT2D eigenvalue weighted by Gasteiger charge is 2.13. The lowest BCUT2D eigenvalue weighted by Gasteiger charge is -2.13. The Morgan fingerprint density at radius 1 is 1.48 bits per heavy atom. The van der Waals surface area contributed by atoms with E-state index in [0.29, 0.717) is 22.6 Å². The van der Waals surface area contributed by atoms with Gasteiger partial charge in [0, 0.05) is 22.8 Å². The lowest BCUT2D eigenvalue weighted by molar-refractivity contribution is 0.111. The van der Waals surface area contributed by atoms with Crippen LogP contribution in [0.5, 0.6) is 11.5 Å². The monoisotopic (exact) mass is 302 g/mol. The third kappa shape index (κ3) is 3.30. The van der Waals surface area contributed by atoms with E-state index in [2.05, 4.69) is 4.98 Å². The van der Waals surface area contributed by atoms with Crippen molar-refractivity contribution in [1.29, 1.82) is 5.26 Å². The van der Waals surface area contributed by atoms with Crippen LogP contribution in [0, 0.1) is 11.3 Å². The Bertz CT molecular complexity index is 711. The molecule has 0 fully saturated rings. The predicted molar refractivity (Wildman–Crippen MR) is 76.7 cm³/mol. The minimum absolute atomic E-state index is 0.0928. The van der Waals surface area contributed by atoms with Crippen molar-refractivity contribution in [2.24, 2.45) is 0 Å². The number of pyridine rings is 1. The van der Waals surface area contributed by atoms with Gasteiger partial charge >= 0.3 is 0 Å². The number of ether oxygens (including phenoxy) is 2. The molecule has 1 aromatic heterocycles. The molecule has 106 valence electrons. The minimum atomic E-state index is 0.0928. The van der Waals surface area contributed by atoms with Crippen molar-refractivity contribution in [2.75, 3.05) is 7.11 Å². The van der Waals surface area contributed by atoms with E-state index < -0.39 is 0 Å². The summed E-state index contributed by atoms with van der Waals surface area (Å²) in [7, 11) is 1.46. The van der Waals surface area contributed by atoms with Crippen molar-refractivity contribution in [3.8, 4) is 17.6 Å². The first-order valence-electron chi connectivity index (χ1n) is 5.99. The van der Waals surface area contributed by atoms with Crippen LogP contribution in [0.1, 0.15) is 21.6 Å². The van der Waals surface area contributed by atoms with E-state index in [0.717, 1.165) is 0 Å². The number of benzene rings is 1. The smallest absolute Gasteiger partial charge is 0.172 e. The van der Waals surface area contributed by atoms with E-state index in [4.69, 9.17) is 26.3 Å². The average molecular weight is 303 g/mol. The van der Waals surface area contributed by atoms with Crippen LogP contribution in [-0.4, -0.2) is 18.4 Å². The molecular weight excluding hydrogens is 292 g/mol. The van der Waals surface area contributed by atoms with Gasteiger partial charge in [0.1, 0.15) is 18.4 Å². The molecule has 6 heteroatoms. The number of nitrogens with zero attached hydrogens (tertiary/aromatic N) is 2. The Balaban J connectivity index is 2.32. The number of aldehydes is 1. The lowest BCUT2D eigenvalue weighted by atomic mass is 10.2. The number of carbonyl (C=O) groups is 1. The summed E-state index contributed by atoms with van der Waals surface area (Å²) in [5.74, 6) is 0.636. The SMILES string of the molecule is COc1cc(Cl)cc(C=O)c1OCc1cccnc1C#N. The van der Waals surface area contributed by atoms with Gasteiger partial charge in [0.2, 0.25) is 0 Å². The van der Waals surface area contributed by atoms with Crippen LogP contribution >= 0.6 is 11.6 Å². The molecule has 0 saturated heterocycles. The number of methoxy groups -OCH3 is 1. The quantitative estimate of drug-likeness (QED) is 0.794. The number of hydrogen-bond acceptors (Lipinski definition) is 5. The lowest BCUT2D eigenvalue weighted by Crippen LogP contribution is -2.03. The maximum atomic E-state index is 11.1. The molecule has 0 spiro atoms. The number of nitriles is 1. The molecule has 5 nitrogen and oxygen atoms in total. The zero-order valence-electron chi connectivity index (χ0n) is 11.2. The Labute approximate surface area is 126 Å². The molecule has 21 heavy (non-hydrogen) atoms. The Kier molecular flexibility index (Phi) is 4.75. The molecule has 0 bridgehead atoms. The number of rotatable bonds is 5. The highest BCUT2D eigenvalue weighted by Crippen LogP contribution is 2.34. The summed E-state index contributed by atoms with van der Waals surface area (Å²) < 4.78 is 10.8. The van der Waals surface area contributed by atoms with Gasteiger partial charge in [0.05, 0.1) is 12.7 Å². The molecule has 0 amide bonds. The molecule has 0 atom stereocenters. The Morgan fingerprint density at radius 3 is 2.95 bits per heavy atom. The zero-order valence-corrected chi connectivity index (χ0v) is 11.9. The van der Waals surface area contributed by atoms with Crippen molar-refractivity contribution in [2.45, 2.75) is 6.61 Å². The van der Waals surface area contributed by atoms with Crippen LogP contribution in [-0.2, 0) is 6.61 Å². The van der Waals surface area contributed by atoms with Crippen LogP contribution in [0.15, 0.2) is 30.5 Å². The normalized spacial score (nSPS) is 9.76. The van der Waals surface area contributed by atoms with Gasteiger partial charge in [-0.15, -0.1) is 0 Å². The summed E-state index contributed by atoms with van der Waals surface area (Å²) in [6, 6.07) is 8.46. The van der Waals surface area contributed by atoms with Crippen molar-refractivity contribution in [1.82, 2.24) is 4.98 Å². The maximum absolute atomic E-state index is 11.1. The average Bonchev–Trinajstić information content (AvgIpc) is 2.52. The van der Waals surface area contributed by atoms with Gasteiger partial charge in [-0.1, -0.05) is 17.7 Å². The van der Waals surface area contributed by atoms with Crippen LogP contribution < -0.4 is 9.47 Å². The van der Waals surface area contributed by atoms with E-state index in [9.17, 15) is 4.79 Å². The van der Waals surface area contributed by atoms with Crippen molar-refractivity contribution < 1.29 is 14.3 Å². The molecule has 0 aliphatic carbocycles. The van der Waals surface area contributed by atoms with Crippen LogP contribution in [0.4, 0.5) is 0 Å². The van der Waals surface area contributed by atoms with E-state index >= 15 is 0 Å². The summed E-state index contributed by atoms with van der Waals surface area (Å²) in [5.41, 5.74) is 1.17. The molecule has 0 radical (unpaired) electrons. The van der Waals surface area contributed by atoms with Crippen molar-refractivity contribution in [3.05, 3.63) is 52.3 Å². The first-order valence-corrected chi connectivity index (χ1v) is 6.37. The number of halogens is 1. The highest BCUT2D eigenvalue weighted by atomic mass is 35.5. The molecule has 0 saturated carbocycles. The Morgan fingerprint density at radius 2 is 2.29 bits per heavy atom. The fourth-order valence-corrected chi connectivity index (χ4v) is 2.00. The van der Waals surface area contributed by atoms with Gasteiger partial charge in [-0.25, -0.2) is 4.98 Å². The Hall–Kier alpha value is -2.58. The second kappa shape index (κ2) is 6.73. The molecule has 0 aliphatic rings. The number of carbonyl (C=O) groups excluding carboxylic acids is 1. The van der Waals surface area contributed by atoms with Crippen molar-refractivity contribution in [3.63, 3.8) is 0 Å². The number of hydrogen-bond donors (Lipinski definition) is 0. The molecule has 0 aliphatic heterocycles. The van der Waals surface area contributed by atoms with E-state index in [-0.39, 0.29) is 23.6 Å². The molecule has 2 rings (SSSR count). The highest BCUT2D eigenvalue weighted by molar-refractivity contribution is 6.31. The van der Waals surface area contributed by atoms with Gasteiger partial charge in [-0.2, -0.15) is 5.26 Å². The summed E-state index contributed by atoms with van der Waals surface area (Å²) in [6.07, 6.45) is 2.17. The third-order valence-corrected chi connectivity index (χ3v) is 2.98. The summed E-state index contributed by atoms with van der Waals surface area (Å²) in [5, 5.41) is 9.36. The minimum Gasteiger partial charge on any atom is -0.493 e. The molecule has 0 unspecified atom stereocenters. The standard InChI is InChI=1S/C15H11ClN2O3/c1-20-14-6-12(16)5-11(8-19)15(14)21-9-10-3-2-4-18-13(10)7-17/h2-6,8H,9H2,1H3. The van der Waals surface area contributed by atoms with Crippen LogP contribution in [0.25, 0.3) is 0 Å². The topological polar surface area (TPSA) is 72.2 Å². The molecule has 0 N–H and O–H groups in total. The van der Waals surface area contributed by atoms with Gasteiger partial charge in [-0.3, -0.25) is 4.79 Å². The second-order valence-electron chi connectivity index (χ2n) is 4.06. The molecule has 1 heterocycles. The molecule has 2 aromatic rings. The molecular formula is C15H11ClN2O3. The molecule has 1 aromatic carbocycles. The van der Waals surface area contributed by atoms with E-state index in [1.54, 1.807) is 18.2 Å². The first-order chi connectivity index (χ1) is 10.2. The number of aromatic nitrogens is 1. The van der Waals surface area contributed by atoms with Crippen LogP contribution in [0.3, 0.4) is 0 Å². The summed E-state index contributed by atoms with van der Waals surface area (Å²) >= 11 is 5.90. The predicted octanol–water partition coefficient (Wildman–Crippen LogP) is 3.01. The largest absolute Gasteiger partial charge is 0.493 e. The summed E-state index contributed by atoms with van der Waals surface area (Å²) in [4.78, 5) is 15.1. The van der Waals surface area contributed by atoms with E-state index in [1.807, 2.05) is 6.07 Å². The van der Waals surface area contributed by atoms with Crippen LogP contribution in [0.2, 0.25) is 5.02 Å². The first kappa shape index (κ1) is 14.8. The summed E-state index contributed by atoms with van der Waals surface area (Å²) in [6.45, 7) is 0.0928.